The number of carboxylic acid groups (broad SMARTS) is 1. The number of rotatable bonds is 5. The van der Waals surface area contributed by atoms with Crippen LogP contribution in [0.2, 0.25) is 0 Å². The van der Waals surface area contributed by atoms with Crippen molar-refractivity contribution in [3.8, 4) is 5.88 Å². The predicted octanol–water partition coefficient (Wildman–Crippen LogP) is 2.04. The number of pyridine rings is 1. The maximum absolute atomic E-state index is 13.8. The van der Waals surface area contributed by atoms with Gasteiger partial charge in [-0.2, -0.15) is 0 Å². The standard InChI is InChI=1S/C14H13FN2O5S/c1-8-11(15)5-9(14(18)19)6-12(8)23(20,21)17-10-3-4-13(22-2)16-7-10/h3-7,17H,1-2H3,(H,18,19). The van der Waals surface area contributed by atoms with Crippen molar-refractivity contribution < 1.29 is 27.4 Å². The number of ether oxygens (including phenoxy) is 1. The highest BCUT2D eigenvalue weighted by molar-refractivity contribution is 7.92. The third kappa shape index (κ3) is 3.57. The van der Waals surface area contributed by atoms with Crippen LogP contribution in [0.4, 0.5) is 10.1 Å². The van der Waals surface area contributed by atoms with Crippen molar-refractivity contribution in [2.45, 2.75) is 11.8 Å². The Hall–Kier alpha value is -2.68. The van der Waals surface area contributed by atoms with Crippen LogP contribution >= 0.6 is 0 Å². The van der Waals surface area contributed by atoms with Gasteiger partial charge >= 0.3 is 5.97 Å². The lowest BCUT2D eigenvalue weighted by molar-refractivity contribution is 0.0696. The zero-order valence-corrected chi connectivity index (χ0v) is 13.0. The lowest BCUT2D eigenvalue weighted by atomic mass is 10.1. The van der Waals surface area contributed by atoms with Gasteiger partial charge in [0.15, 0.2) is 0 Å². The van der Waals surface area contributed by atoms with Gasteiger partial charge < -0.3 is 9.84 Å². The average Bonchev–Trinajstić information content (AvgIpc) is 2.49. The van der Waals surface area contributed by atoms with E-state index in [1.165, 1.54) is 32.4 Å². The number of anilines is 1. The van der Waals surface area contributed by atoms with E-state index < -0.39 is 32.3 Å². The lowest BCUT2D eigenvalue weighted by Crippen LogP contribution is -2.16. The molecule has 0 aliphatic carbocycles. The first kappa shape index (κ1) is 16.7. The normalized spacial score (nSPS) is 11.1. The minimum absolute atomic E-state index is 0.131. The van der Waals surface area contributed by atoms with Crippen LogP contribution in [0, 0.1) is 12.7 Å². The van der Waals surface area contributed by atoms with Gasteiger partial charge in [0.2, 0.25) is 5.88 Å². The van der Waals surface area contributed by atoms with Crippen LogP contribution in [-0.2, 0) is 10.0 Å². The molecule has 2 aromatic rings. The number of carboxylic acids is 1. The van der Waals surface area contributed by atoms with Crippen molar-refractivity contribution in [2.75, 3.05) is 11.8 Å². The van der Waals surface area contributed by atoms with Crippen LogP contribution in [0.15, 0.2) is 35.4 Å². The Morgan fingerprint density at radius 1 is 1.35 bits per heavy atom. The first-order valence-electron chi connectivity index (χ1n) is 6.31. The first-order chi connectivity index (χ1) is 10.7. The predicted molar refractivity (Wildman–Crippen MR) is 79.7 cm³/mol. The molecule has 0 amide bonds. The molecule has 122 valence electrons. The molecule has 1 aromatic carbocycles. The molecule has 0 aliphatic rings. The first-order valence-corrected chi connectivity index (χ1v) is 7.79. The third-order valence-corrected chi connectivity index (χ3v) is 4.54. The van der Waals surface area contributed by atoms with Crippen LogP contribution < -0.4 is 9.46 Å². The van der Waals surface area contributed by atoms with Gasteiger partial charge in [0.1, 0.15) is 5.82 Å². The Labute approximate surface area is 131 Å². The molecule has 1 aromatic heterocycles. The number of halogens is 1. The Kier molecular flexibility index (Phi) is 4.50. The number of methoxy groups -OCH3 is 1. The summed E-state index contributed by atoms with van der Waals surface area (Å²) >= 11 is 0. The molecule has 0 unspecified atom stereocenters. The summed E-state index contributed by atoms with van der Waals surface area (Å²) in [4.78, 5) is 14.4. The van der Waals surface area contributed by atoms with E-state index in [0.717, 1.165) is 12.1 Å². The fourth-order valence-electron chi connectivity index (χ4n) is 1.83. The van der Waals surface area contributed by atoms with E-state index in [9.17, 15) is 17.6 Å². The number of hydrogen-bond donors (Lipinski definition) is 2. The second kappa shape index (κ2) is 6.21. The molecular weight excluding hydrogens is 327 g/mol. The second-order valence-corrected chi connectivity index (χ2v) is 6.23. The minimum Gasteiger partial charge on any atom is -0.481 e. The van der Waals surface area contributed by atoms with Crippen LogP contribution in [0.25, 0.3) is 0 Å². The van der Waals surface area contributed by atoms with E-state index in [1.807, 2.05) is 0 Å². The van der Waals surface area contributed by atoms with Gasteiger partial charge in [0.25, 0.3) is 10.0 Å². The summed E-state index contributed by atoms with van der Waals surface area (Å²) in [5, 5.41) is 8.93. The number of sulfonamides is 1. The summed E-state index contributed by atoms with van der Waals surface area (Å²) in [6.45, 7) is 1.25. The second-order valence-electron chi connectivity index (χ2n) is 4.58. The van der Waals surface area contributed by atoms with Crippen molar-refractivity contribution in [2.24, 2.45) is 0 Å². The largest absolute Gasteiger partial charge is 0.481 e. The number of aromatic nitrogens is 1. The molecule has 0 aliphatic heterocycles. The number of benzene rings is 1. The van der Waals surface area contributed by atoms with E-state index in [1.54, 1.807) is 0 Å². The van der Waals surface area contributed by atoms with E-state index in [-0.39, 0.29) is 11.3 Å². The summed E-state index contributed by atoms with van der Waals surface area (Å²) in [6.07, 6.45) is 1.23. The van der Waals surface area contributed by atoms with Crippen molar-refractivity contribution in [1.82, 2.24) is 4.98 Å². The maximum Gasteiger partial charge on any atom is 0.335 e. The molecule has 23 heavy (non-hydrogen) atoms. The summed E-state index contributed by atoms with van der Waals surface area (Å²) in [5.41, 5.74) is -0.503. The fourth-order valence-corrected chi connectivity index (χ4v) is 3.15. The molecule has 9 heteroatoms. The van der Waals surface area contributed by atoms with Gasteiger partial charge in [-0.05, 0) is 25.1 Å². The molecule has 0 atom stereocenters. The van der Waals surface area contributed by atoms with Crippen LogP contribution in [0.1, 0.15) is 15.9 Å². The summed E-state index contributed by atoms with van der Waals surface area (Å²) < 4.78 is 45.6. The van der Waals surface area contributed by atoms with E-state index >= 15 is 0 Å². The van der Waals surface area contributed by atoms with Gasteiger partial charge in [-0.1, -0.05) is 0 Å². The summed E-state index contributed by atoms with van der Waals surface area (Å²) in [6, 6.07) is 4.53. The highest BCUT2D eigenvalue weighted by Crippen LogP contribution is 2.23. The number of nitrogens with zero attached hydrogens (tertiary/aromatic N) is 1. The highest BCUT2D eigenvalue weighted by Gasteiger charge is 2.22. The lowest BCUT2D eigenvalue weighted by Gasteiger charge is -2.12. The monoisotopic (exact) mass is 340 g/mol. The molecule has 7 nitrogen and oxygen atoms in total. The smallest absolute Gasteiger partial charge is 0.335 e. The molecule has 0 fully saturated rings. The topological polar surface area (TPSA) is 106 Å². The highest BCUT2D eigenvalue weighted by atomic mass is 32.2. The van der Waals surface area contributed by atoms with Gasteiger partial charge in [0, 0.05) is 11.6 Å². The molecular formula is C14H13FN2O5S. The average molecular weight is 340 g/mol. The minimum atomic E-state index is -4.18. The number of nitrogens with one attached hydrogen (secondary N) is 1. The van der Waals surface area contributed by atoms with Crippen LogP contribution in [-0.4, -0.2) is 31.6 Å². The van der Waals surface area contributed by atoms with Gasteiger partial charge in [-0.25, -0.2) is 22.6 Å². The molecule has 1 heterocycles. The molecule has 2 rings (SSSR count). The Morgan fingerprint density at radius 2 is 2.04 bits per heavy atom. The summed E-state index contributed by atoms with van der Waals surface area (Å²) in [5.74, 6) is -2.05. The number of carbonyl (C=O) groups is 1. The third-order valence-electron chi connectivity index (χ3n) is 3.03. The number of hydrogen-bond acceptors (Lipinski definition) is 5. The SMILES string of the molecule is COc1ccc(NS(=O)(=O)c2cc(C(=O)O)cc(F)c2C)cn1. The number of aromatic carboxylic acids is 1. The van der Waals surface area contributed by atoms with Gasteiger partial charge in [-0.3, -0.25) is 4.72 Å². The Bertz CT molecular complexity index is 850. The molecule has 0 saturated heterocycles. The van der Waals surface area contributed by atoms with Crippen molar-refractivity contribution in [1.29, 1.82) is 0 Å². The quantitative estimate of drug-likeness (QED) is 0.863. The Balaban J connectivity index is 2.44. The summed E-state index contributed by atoms with van der Waals surface area (Å²) in [7, 11) is -2.76. The molecule has 0 radical (unpaired) electrons. The van der Waals surface area contributed by atoms with Crippen molar-refractivity contribution in [3.05, 3.63) is 47.4 Å². The Morgan fingerprint density at radius 3 is 2.57 bits per heavy atom. The van der Waals surface area contributed by atoms with Crippen LogP contribution in [0.5, 0.6) is 5.88 Å². The van der Waals surface area contributed by atoms with Crippen molar-refractivity contribution in [3.63, 3.8) is 0 Å². The van der Waals surface area contributed by atoms with Gasteiger partial charge in [-0.15, -0.1) is 0 Å². The van der Waals surface area contributed by atoms with E-state index in [2.05, 4.69) is 9.71 Å². The molecule has 0 spiro atoms. The molecule has 2 N–H and O–H groups in total. The maximum atomic E-state index is 13.8. The molecule has 0 saturated carbocycles. The van der Waals surface area contributed by atoms with Gasteiger partial charge in [0.05, 0.1) is 29.5 Å². The zero-order valence-electron chi connectivity index (χ0n) is 12.2. The van der Waals surface area contributed by atoms with E-state index in [4.69, 9.17) is 9.84 Å². The van der Waals surface area contributed by atoms with Crippen molar-refractivity contribution >= 4 is 21.7 Å². The van der Waals surface area contributed by atoms with E-state index in [0.29, 0.717) is 5.88 Å². The molecule has 0 bridgehead atoms. The van der Waals surface area contributed by atoms with Crippen LogP contribution in [0.3, 0.4) is 0 Å². The fraction of sp³-hybridized carbons (Fsp3) is 0.143. The zero-order chi connectivity index (χ0) is 17.2.